The average Bonchev–Trinajstić information content (AvgIpc) is 2.29. The molecule has 1 fully saturated rings. The van der Waals surface area contributed by atoms with Crippen LogP contribution in [0.3, 0.4) is 0 Å². The van der Waals surface area contributed by atoms with Crippen molar-refractivity contribution in [2.24, 2.45) is 0 Å². The molecule has 2 heterocycles. The van der Waals surface area contributed by atoms with E-state index in [1.165, 1.54) is 19.2 Å². The van der Waals surface area contributed by atoms with E-state index in [9.17, 15) is 0 Å². The molecule has 0 aliphatic carbocycles. The number of anilines is 1. The molecule has 90 valence electrons. The molecule has 4 nitrogen and oxygen atoms in total. The lowest BCUT2D eigenvalue weighted by Crippen LogP contribution is -2.44. The maximum absolute atomic E-state index is 5.84. The second-order valence-electron chi connectivity index (χ2n) is 3.77. The second kappa shape index (κ2) is 6.23. The van der Waals surface area contributed by atoms with Gasteiger partial charge in [-0.1, -0.05) is 11.6 Å². The third-order valence-corrected chi connectivity index (χ3v) is 2.98. The summed E-state index contributed by atoms with van der Waals surface area (Å²) < 4.78 is 0. The Morgan fingerprint density at radius 3 is 3.00 bits per heavy atom. The van der Waals surface area contributed by atoms with E-state index in [-0.39, 0.29) is 12.4 Å². The van der Waals surface area contributed by atoms with E-state index in [1.54, 1.807) is 0 Å². The second-order valence-corrected chi connectivity index (χ2v) is 4.16. The van der Waals surface area contributed by atoms with Gasteiger partial charge in [-0.15, -0.1) is 12.4 Å². The zero-order chi connectivity index (χ0) is 10.7. The molecular formula is C10H16Cl2N4. The summed E-state index contributed by atoms with van der Waals surface area (Å²) in [6, 6.07) is 2.37. The summed E-state index contributed by atoms with van der Waals surface area (Å²) in [4.78, 5) is 10.4. The number of piperidine rings is 1. The predicted molar refractivity (Wildman–Crippen MR) is 68.6 cm³/mol. The van der Waals surface area contributed by atoms with Gasteiger partial charge in [-0.25, -0.2) is 9.97 Å². The van der Waals surface area contributed by atoms with Crippen LogP contribution in [0.4, 0.5) is 5.82 Å². The van der Waals surface area contributed by atoms with E-state index in [4.69, 9.17) is 11.6 Å². The third-order valence-electron chi connectivity index (χ3n) is 2.77. The van der Waals surface area contributed by atoms with E-state index in [1.807, 2.05) is 13.1 Å². The summed E-state index contributed by atoms with van der Waals surface area (Å²) in [5.41, 5.74) is 0. The molecule has 0 spiro atoms. The summed E-state index contributed by atoms with van der Waals surface area (Å²) in [6.07, 6.45) is 3.93. The number of nitrogens with zero attached hydrogens (tertiary/aromatic N) is 3. The fraction of sp³-hybridized carbons (Fsp3) is 0.600. The Morgan fingerprint density at radius 1 is 1.50 bits per heavy atom. The van der Waals surface area contributed by atoms with Crippen LogP contribution < -0.4 is 10.2 Å². The first kappa shape index (κ1) is 13.5. The van der Waals surface area contributed by atoms with Crippen molar-refractivity contribution in [2.45, 2.75) is 18.9 Å². The summed E-state index contributed by atoms with van der Waals surface area (Å²) in [5, 5.41) is 3.81. The van der Waals surface area contributed by atoms with Crippen LogP contribution in [0.2, 0.25) is 5.15 Å². The number of likely N-dealkylation sites (N-methyl/N-ethyl adjacent to an activating group) is 1. The van der Waals surface area contributed by atoms with Gasteiger partial charge in [0.05, 0.1) is 0 Å². The molecule has 1 saturated heterocycles. The number of aromatic nitrogens is 2. The topological polar surface area (TPSA) is 41.0 Å². The fourth-order valence-electron chi connectivity index (χ4n) is 1.92. The van der Waals surface area contributed by atoms with Gasteiger partial charge >= 0.3 is 0 Å². The molecule has 1 N–H and O–H groups in total. The lowest BCUT2D eigenvalue weighted by atomic mass is 10.1. The highest BCUT2D eigenvalue weighted by molar-refractivity contribution is 6.29. The molecule has 1 aromatic heterocycles. The zero-order valence-electron chi connectivity index (χ0n) is 9.19. The molecule has 1 aromatic rings. The van der Waals surface area contributed by atoms with Gasteiger partial charge in [-0.05, 0) is 19.9 Å². The van der Waals surface area contributed by atoms with Crippen molar-refractivity contribution in [3.05, 3.63) is 17.5 Å². The van der Waals surface area contributed by atoms with Gasteiger partial charge in [0.25, 0.3) is 0 Å². The van der Waals surface area contributed by atoms with E-state index in [0.717, 1.165) is 18.9 Å². The smallest absolute Gasteiger partial charge is 0.134 e. The third kappa shape index (κ3) is 3.20. The first-order chi connectivity index (χ1) is 7.29. The number of rotatable bonds is 2. The SMILES string of the molecule is CNC1CCCN(c2cc(Cl)ncn2)C1.Cl. The fourth-order valence-corrected chi connectivity index (χ4v) is 2.06. The molecule has 1 atom stereocenters. The van der Waals surface area contributed by atoms with Crippen molar-refractivity contribution in [1.82, 2.24) is 15.3 Å². The maximum atomic E-state index is 5.84. The number of nitrogens with one attached hydrogen (secondary N) is 1. The van der Waals surface area contributed by atoms with Crippen LogP contribution in [-0.2, 0) is 0 Å². The normalized spacial score (nSPS) is 20.4. The van der Waals surface area contributed by atoms with Crippen molar-refractivity contribution in [1.29, 1.82) is 0 Å². The molecule has 1 aliphatic heterocycles. The number of halogens is 2. The van der Waals surface area contributed by atoms with Crippen molar-refractivity contribution in [3.63, 3.8) is 0 Å². The van der Waals surface area contributed by atoms with Gasteiger partial charge in [0.1, 0.15) is 17.3 Å². The van der Waals surface area contributed by atoms with Gasteiger partial charge in [-0.3, -0.25) is 0 Å². The van der Waals surface area contributed by atoms with Crippen LogP contribution in [0.15, 0.2) is 12.4 Å². The van der Waals surface area contributed by atoms with Crippen LogP contribution in [0.5, 0.6) is 0 Å². The molecule has 0 saturated carbocycles. The minimum Gasteiger partial charge on any atom is -0.355 e. The van der Waals surface area contributed by atoms with Crippen LogP contribution >= 0.6 is 24.0 Å². The Labute approximate surface area is 107 Å². The Bertz CT molecular complexity index is 334. The van der Waals surface area contributed by atoms with Crippen LogP contribution in [0, 0.1) is 0 Å². The molecule has 0 amide bonds. The Balaban J connectivity index is 0.00000128. The lowest BCUT2D eigenvalue weighted by Gasteiger charge is -2.33. The Morgan fingerprint density at radius 2 is 2.31 bits per heavy atom. The largest absolute Gasteiger partial charge is 0.355 e. The van der Waals surface area contributed by atoms with Crippen LogP contribution in [-0.4, -0.2) is 36.1 Å². The number of hydrogen-bond acceptors (Lipinski definition) is 4. The zero-order valence-corrected chi connectivity index (χ0v) is 10.8. The van der Waals surface area contributed by atoms with Crippen molar-refractivity contribution in [3.8, 4) is 0 Å². The molecule has 0 bridgehead atoms. The van der Waals surface area contributed by atoms with Gasteiger partial charge in [-0.2, -0.15) is 0 Å². The van der Waals surface area contributed by atoms with Gasteiger partial charge in [0, 0.05) is 25.2 Å². The summed E-state index contributed by atoms with van der Waals surface area (Å²) >= 11 is 5.84. The molecule has 1 unspecified atom stereocenters. The summed E-state index contributed by atoms with van der Waals surface area (Å²) in [7, 11) is 2.00. The van der Waals surface area contributed by atoms with Gasteiger partial charge in [0.15, 0.2) is 0 Å². The molecule has 0 radical (unpaired) electrons. The van der Waals surface area contributed by atoms with E-state index in [0.29, 0.717) is 11.2 Å². The molecule has 16 heavy (non-hydrogen) atoms. The first-order valence-electron chi connectivity index (χ1n) is 5.19. The van der Waals surface area contributed by atoms with Crippen molar-refractivity contribution < 1.29 is 0 Å². The molecule has 0 aromatic carbocycles. The van der Waals surface area contributed by atoms with Gasteiger partial charge in [0.2, 0.25) is 0 Å². The van der Waals surface area contributed by atoms with Gasteiger partial charge < -0.3 is 10.2 Å². The minimum atomic E-state index is 0. The Hall–Kier alpha value is -0.580. The summed E-state index contributed by atoms with van der Waals surface area (Å²) in [5.74, 6) is 0.926. The summed E-state index contributed by atoms with van der Waals surface area (Å²) in [6.45, 7) is 2.04. The van der Waals surface area contributed by atoms with E-state index >= 15 is 0 Å². The number of hydrogen-bond donors (Lipinski definition) is 1. The van der Waals surface area contributed by atoms with E-state index in [2.05, 4.69) is 20.2 Å². The first-order valence-corrected chi connectivity index (χ1v) is 5.57. The highest BCUT2D eigenvalue weighted by Gasteiger charge is 2.19. The van der Waals surface area contributed by atoms with E-state index < -0.39 is 0 Å². The Kier molecular flexibility index (Phi) is 5.25. The molecular weight excluding hydrogens is 247 g/mol. The minimum absolute atomic E-state index is 0. The van der Waals surface area contributed by atoms with Crippen molar-refractivity contribution in [2.75, 3.05) is 25.0 Å². The average molecular weight is 263 g/mol. The highest BCUT2D eigenvalue weighted by atomic mass is 35.5. The highest BCUT2D eigenvalue weighted by Crippen LogP contribution is 2.19. The lowest BCUT2D eigenvalue weighted by molar-refractivity contribution is 0.447. The maximum Gasteiger partial charge on any atom is 0.134 e. The quantitative estimate of drug-likeness (QED) is 0.825. The van der Waals surface area contributed by atoms with Crippen molar-refractivity contribution >= 4 is 29.8 Å². The molecule has 2 rings (SSSR count). The van der Waals surface area contributed by atoms with Crippen LogP contribution in [0.25, 0.3) is 0 Å². The van der Waals surface area contributed by atoms with Crippen LogP contribution in [0.1, 0.15) is 12.8 Å². The molecule has 1 aliphatic rings. The molecule has 6 heteroatoms. The predicted octanol–water partition coefficient (Wildman–Crippen LogP) is 1.74. The standard InChI is InChI=1S/C10H15ClN4.ClH/c1-12-8-3-2-4-15(6-8)10-5-9(11)13-7-14-10;/h5,7-8,12H,2-4,6H2,1H3;1H. The monoisotopic (exact) mass is 262 g/mol.